The highest BCUT2D eigenvalue weighted by Gasteiger charge is 1.97. The van der Waals surface area contributed by atoms with Gasteiger partial charge in [0, 0.05) is 7.05 Å². The van der Waals surface area contributed by atoms with Crippen LogP contribution in [0.5, 0.6) is 0 Å². The van der Waals surface area contributed by atoms with Gasteiger partial charge < -0.3 is 0 Å². The minimum Gasteiger partial charge on any atom is -0.283 e. The van der Waals surface area contributed by atoms with Gasteiger partial charge in [-0.1, -0.05) is 19.1 Å². The van der Waals surface area contributed by atoms with E-state index in [1.807, 2.05) is 18.2 Å². The molecule has 0 unspecified atom stereocenters. The lowest BCUT2D eigenvalue weighted by Gasteiger charge is -2.09. The van der Waals surface area contributed by atoms with E-state index in [0.29, 0.717) is 0 Å². The van der Waals surface area contributed by atoms with Crippen LogP contribution in [0.25, 0.3) is 0 Å². The van der Waals surface area contributed by atoms with Gasteiger partial charge in [0.05, 0.1) is 5.69 Å². The summed E-state index contributed by atoms with van der Waals surface area (Å²) in [5.41, 5.74) is 2.21. The molecule has 0 atom stereocenters. The SMILES string of the molecule is CCc1cccc(N(C)C#N)c1. The zero-order chi connectivity index (χ0) is 8.97. The minimum absolute atomic E-state index is 0.955. The molecule has 1 rings (SSSR count). The fourth-order valence-electron chi connectivity index (χ4n) is 1.04. The topological polar surface area (TPSA) is 27.0 Å². The van der Waals surface area contributed by atoms with Gasteiger partial charge in [-0.25, -0.2) is 0 Å². The molecule has 1 aromatic carbocycles. The van der Waals surface area contributed by atoms with E-state index in [1.165, 1.54) is 5.56 Å². The Balaban J connectivity index is 2.95. The molecule has 0 aliphatic heterocycles. The highest BCUT2D eigenvalue weighted by molar-refractivity contribution is 5.51. The Morgan fingerprint density at radius 1 is 1.50 bits per heavy atom. The van der Waals surface area contributed by atoms with E-state index in [-0.39, 0.29) is 0 Å². The first-order valence-corrected chi connectivity index (χ1v) is 4.00. The van der Waals surface area contributed by atoms with E-state index in [2.05, 4.69) is 19.2 Å². The van der Waals surface area contributed by atoms with Crippen LogP contribution >= 0.6 is 0 Å². The van der Waals surface area contributed by atoms with Gasteiger partial charge in [0.25, 0.3) is 0 Å². The second-order valence-electron chi connectivity index (χ2n) is 2.68. The predicted molar refractivity (Wildman–Crippen MR) is 49.8 cm³/mol. The number of nitriles is 1. The van der Waals surface area contributed by atoms with E-state index < -0.39 is 0 Å². The predicted octanol–water partition coefficient (Wildman–Crippen LogP) is 2.17. The normalized spacial score (nSPS) is 9.08. The Labute approximate surface area is 73.0 Å². The van der Waals surface area contributed by atoms with Crippen molar-refractivity contribution in [1.82, 2.24) is 0 Å². The third kappa shape index (κ3) is 1.76. The maximum Gasteiger partial charge on any atom is 0.183 e. The lowest BCUT2D eigenvalue weighted by atomic mass is 10.1. The van der Waals surface area contributed by atoms with Crippen LogP contribution in [0.3, 0.4) is 0 Å². The molecule has 0 heterocycles. The molecule has 2 heteroatoms. The van der Waals surface area contributed by atoms with Gasteiger partial charge in [0.1, 0.15) is 0 Å². The summed E-state index contributed by atoms with van der Waals surface area (Å²) in [6, 6.07) is 8.00. The summed E-state index contributed by atoms with van der Waals surface area (Å²) < 4.78 is 0. The molecule has 0 spiro atoms. The van der Waals surface area contributed by atoms with Gasteiger partial charge in [-0.3, -0.25) is 4.90 Å². The molecule has 0 N–H and O–H groups in total. The fraction of sp³-hybridized carbons (Fsp3) is 0.300. The van der Waals surface area contributed by atoms with Crippen molar-refractivity contribution in [3.63, 3.8) is 0 Å². The lowest BCUT2D eigenvalue weighted by Crippen LogP contribution is -2.07. The molecule has 0 radical (unpaired) electrons. The van der Waals surface area contributed by atoms with Crippen molar-refractivity contribution in [2.45, 2.75) is 13.3 Å². The van der Waals surface area contributed by atoms with Crippen LogP contribution in [0.15, 0.2) is 24.3 Å². The molecule has 0 amide bonds. The Hall–Kier alpha value is -1.49. The molecule has 1 aromatic rings. The van der Waals surface area contributed by atoms with Crippen LogP contribution in [0.2, 0.25) is 0 Å². The summed E-state index contributed by atoms with van der Waals surface area (Å²) in [6.07, 6.45) is 3.07. The highest BCUT2D eigenvalue weighted by Crippen LogP contribution is 2.13. The third-order valence-electron chi connectivity index (χ3n) is 1.86. The average molecular weight is 160 g/mol. The van der Waals surface area contributed by atoms with Crippen LogP contribution in [0.4, 0.5) is 5.69 Å². The maximum absolute atomic E-state index is 8.63. The lowest BCUT2D eigenvalue weighted by molar-refractivity contribution is 1.12. The first-order chi connectivity index (χ1) is 5.77. The first kappa shape index (κ1) is 8.61. The van der Waals surface area contributed by atoms with Gasteiger partial charge in [-0.2, -0.15) is 5.26 Å². The van der Waals surface area contributed by atoms with Crippen LogP contribution in [-0.2, 0) is 6.42 Å². The van der Waals surface area contributed by atoms with Crippen molar-refractivity contribution in [3.8, 4) is 6.19 Å². The smallest absolute Gasteiger partial charge is 0.183 e. The van der Waals surface area contributed by atoms with Crippen LogP contribution in [-0.4, -0.2) is 7.05 Å². The molecule has 0 saturated heterocycles. The first-order valence-electron chi connectivity index (χ1n) is 4.00. The Kier molecular flexibility index (Phi) is 2.71. The number of aryl methyl sites for hydroxylation is 1. The van der Waals surface area contributed by atoms with Crippen molar-refractivity contribution in [2.75, 3.05) is 11.9 Å². The van der Waals surface area contributed by atoms with Gasteiger partial charge in [0.15, 0.2) is 6.19 Å². The Morgan fingerprint density at radius 3 is 2.83 bits per heavy atom. The van der Waals surface area contributed by atoms with E-state index in [1.54, 1.807) is 11.9 Å². The molecule has 62 valence electrons. The fourth-order valence-corrected chi connectivity index (χ4v) is 1.04. The molecule has 2 nitrogen and oxygen atoms in total. The van der Waals surface area contributed by atoms with Gasteiger partial charge >= 0.3 is 0 Å². The molecular formula is C10H12N2. The zero-order valence-electron chi connectivity index (χ0n) is 7.41. The number of rotatable bonds is 2. The van der Waals surface area contributed by atoms with Crippen molar-refractivity contribution in [3.05, 3.63) is 29.8 Å². The molecule has 0 aliphatic rings. The number of nitrogens with zero attached hydrogens (tertiary/aromatic N) is 2. The molecular weight excluding hydrogens is 148 g/mol. The molecule has 0 aromatic heterocycles. The molecule has 12 heavy (non-hydrogen) atoms. The molecule has 0 saturated carbocycles. The summed E-state index contributed by atoms with van der Waals surface area (Å²) in [6.45, 7) is 2.10. The van der Waals surface area contributed by atoms with Gasteiger partial charge in [-0.15, -0.1) is 0 Å². The monoisotopic (exact) mass is 160 g/mol. The van der Waals surface area contributed by atoms with Crippen molar-refractivity contribution >= 4 is 5.69 Å². The average Bonchev–Trinajstić information content (AvgIpc) is 2.17. The van der Waals surface area contributed by atoms with Gasteiger partial charge in [-0.05, 0) is 24.1 Å². The summed E-state index contributed by atoms with van der Waals surface area (Å²) >= 11 is 0. The van der Waals surface area contributed by atoms with E-state index >= 15 is 0 Å². The quantitative estimate of drug-likeness (QED) is 0.489. The van der Waals surface area contributed by atoms with Crippen LogP contribution in [0.1, 0.15) is 12.5 Å². The third-order valence-corrected chi connectivity index (χ3v) is 1.86. The van der Waals surface area contributed by atoms with Crippen LogP contribution < -0.4 is 4.90 Å². The van der Waals surface area contributed by atoms with Crippen molar-refractivity contribution in [1.29, 1.82) is 5.26 Å². The Bertz CT molecular complexity index is 299. The molecule has 0 fully saturated rings. The number of benzene rings is 1. The molecule has 0 bridgehead atoms. The van der Waals surface area contributed by atoms with E-state index in [0.717, 1.165) is 12.1 Å². The summed E-state index contributed by atoms with van der Waals surface area (Å²) in [5, 5.41) is 8.63. The summed E-state index contributed by atoms with van der Waals surface area (Å²) in [7, 11) is 1.76. The van der Waals surface area contributed by atoms with E-state index in [4.69, 9.17) is 5.26 Å². The second-order valence-corrected chi connectivity index (χ2v) is 2.68. The maximum atomic E-state index is 8.63. The number of anilines is 1. The number of hydrogen-bond acceptors (Lipinski definition) is 2. The standard InChI is InChI=1S/C10H12N2/c1-3-9-5-4-6-10(7-9)12(2)8-11/h4-7H,3H2,1-2H3. The van der Waals surface area contributed by atoms with Crippen molar-refractivity contribution < 1.29 is 0 Å². The second kappa shape index (κ2) is 3.77. The number of hydrogen-bond donors (Lipinski definition) is 0. The van der Waals surface area contributed by atoms with E-state index in [9.17, 15) is 0 Å². The van der Waals surface area contributed by atoms with Crippen molar-refractivity contribution in [2.24, 2.45) is 0 Å². The Morgan fingerprint density at radius 2 is 2.25 bits per heavy atom. The van der Waals surface area contributed by atoms with Gasteiger partial charge in [0.2, 0.25) is 0 Å². The summed E-state index contributed by atoms with van der Waals surface area (Å²) in [5.74, 6) is 0. The highest BCUT2D eigenvalue weighted by atomic mass is 15.1. The zero-order valence-corrected chi connectivity index (χ0v) is 7.41. The minimum atomic E-state index is 0.955. The van der Waals surface area contributed by atoms with Crippen LogP contribution in [0, 0.1) is 11.5 Å². The largest absolute Gasteiger partial charge is 0.283 e. The summed E-state index contributed by atoms with van der Waals surface area (Å²) in [4.78, 5) is 1.55. The molecule has 0 aliphatic carbocycles.